The maximum atomic E-state index is 12.8. The second kappa shape index (κ2) is 8.25. The Labute approximate surface area is 179 Å². The summed E-state index contributed by atoms with van der Waals surface area (Å²) in [5.74, 6) is 0.308. The van der Waals surface area contributed by atoms with Crippen molar-refractivity contribution in [2.24, 2.45) is 0 Å². The third-order valence-electron chi connectivity index (χ3n) is 5.08. The van der Waals surface area contributed by atoms with Crippen molar-refractivity contribution in [3.05, 3.63) is 58.4 Å². The molecule has 0 saturated carbocycles. The molecule has 30 heavy (non-hydrogen) atoms. The summed E-state index contributed by atoms with van der Waals surface area (Å²) in [6.45, 7) is 3.01. The summed E-state index contributed by atoms with van der Waals surface area (Å²) in [7, 11) is -3.86. The van der Waals surface area contributed by atoms with Crippen molar-refractivity contribution in [3.63, 3.8) is 0 Å². The topological polar surface area (TPSA) is 108 Å². The van der Waals surface area contributed by atoms with Crippen LogP contribution < -0.4 is 4.72 Å². The minimum absolute atomic E-state index is 0.00118. The van der Waals surface area contributed by atoms with Crippen LogP contribution in [0.1, 0.15) is 34.5 Å². The molecule has 1 saturated heterocycles. The Morgan fingerprint density at radius 2 is 2.03 bits per heavy atom. The Hall–Kier alpha value is -2.62. The standard InChI is InChI=1S/C20H21ClN4O4S/c1-13-18(30(27,28)23-11-14-6-2-3-7-16(14)21)10-17(29-13)19-15(12-22-24-19)20(26)25-8-4-5-9-25/h2-3,6-7,10,12,23H,4-5,8-9,11H2,1H3,(H,22,24). The number of halogens is 1. The van der Waals surface area contributed by atoms with Crippen molar-refractivity contribution in [1.29, 1.82) is 0 Å². The second-order valence-corrected chi connectivity index (χ2v) is 9.25. The van der Waals surface area contributed by atoms with E-state index in [0.29, 0.717) is 34.9 Å². The molecular formula is C20H21ClN4O4S. The molecule has 10 heteroatoms. The number of benzene rings is 1. The number of carbonyl (C=O) groups is 1. The van der Waals surface area contributed by atoms with Gasteiger partial charge in [-0.25, -0.2) is 13.1 Å². The van der Waals surface area contributed by atoms with Crippen molar-refractivity contribution >= 4 is 27.5 Å². The van der Waals surface area contributed by atoms with Crippen LogP contribution in [0.15, 0.2) is 45.8 Å². The van der Waals surface area contributed by atoms with Gasteiger partial charge in [0.1, 0.15) is 16.3 Å². The fourth-order valence-electron chi connectivity index (χ4n) is 3.47. The monoisotopic (exact) mass is 448 g/mol. The Bertz CT molecular complexity index is 1180. The minimum atomic E-state index is -3.86. The molecule has 3 aromatic rings. The van der Waals surface area contributed by atoms with Gasteiger partial charge in [0.25, 0.3) is 5.91 Å². The molecular weight excluding hydrogens is 428 g/mol. The molecule has 4 rings (SSSR count). The average Bonchev–Trinajstić information content (AvgIpc) is 3.47. The lowest BCUT2D eigenvalue weighted by atomic mass is 10.2. The lowest BCUT2D eigenvalue weighted by molar-refractivity contribution is 0.0793. The number of aromatic nitrogens is 2. The van der Waals surface area contributed by atoms with Crippen LogP contribution in [0.4, 0.5) is 0 Å². The SMILES string of the molecule is Cc1oc(-c2[nH]ncc2C(=O)N2CCCC2)cc1S(=O)(=O)NCc1ccccc1Cl. The average molecular weight is 449 g/mol. The van der Waals surface area contributed by atoms with Crippen molar-refractivity contribution < 1.29 is 17.6 Å². The fourth-order valence-corrected chi connectivity index (χ4v) is 4.86. The molecule has 0 radical (unpaired) electrons. The number of aromatic amines is 1. The molecule has 1 aromatic carbocycles. The van der Waals surface area contributed by atoms with E-state index in [1.807, 2.05) is 0 Å². The van der Waals surface area contributed by atoms with Crippen LogP contribution in [-0.4, -0.2) is 42.5 Å². The number of furan rings is 1. The highest BCUT2D eigenvalue weighted by atomic mass is 35.5. The van der Waals surface area contributed by atoms with Gasteiger partial charge < -0.3 is 9.32 Å². The number of likely N-dealkylation sites (tertiary alicyclic amines) is 1. The highest BCUT2D eigenvalue weighted by Crippen LogP contribution is 2.30. The van der Waals surface area contributed by atoms with Gasteiger partial charge in [0.15, 0.2) is 5.76 Å². The summed E-state index contributed by atoms with van der Waals surface area (Å²) < 4.78 is 33.9. The van der Waals surface area contributed by atoms with Gasteiger partial charge in [-0.3, -0.25) is 9.89 Å². The molecule has 8 nitrogen and oxygen atoms in total. The van der Waals surface area contributed by atoms with Gasteiger partial charge in [-0.1, -0.05) is 29.8 Å². The normalized spacial score (nSPS) is 14.4. The van der Waals surface area contributed by atoms with Crippen molar-refractivity contribution in [2.75, 3.05) is 13.1 Å². The van der Waals surface area contributed by atoms with Crippen LogP contribution in [0, 0.1) is 6.92 Å². The summed E-state index contributed by atoms with van der Waals surface area (Å²) in [5.41, 5.74) is 1.39. The number of hydrogen-bond donors (Lipinski definition) is 2. The predicted molar refractivity (Wildman–Crippen MR) is 112 cm³/mol. The van der Waals surface area contributed by atoms with Gasteiger partial charge in [0, 0.05) is 30.7 Å². The van der Waals surface area contributed by atoms with Crippen LogP contribution in [-0.2, 0) is 16.6 Å². The van der Waals surface area contributed by atoms with E-state index < -0.39 is 10.0 Å². The first-order valence-corrected chi connectivity index (χ1v) is 11.4. The van der Waals surface area contributed by atoms with Gasteiger partial charge in [0.2, 0.25) is 10.0 Å². The number of nitrogens with one attached hydrogen (secondary N) is 2. The number of rotatable bonds is 6. The first-order valence-electron chi connectivity index (χ1n) is 9.53. The molecule has 3 heterocycles. The quantitative estimate of drug-likeness (QED) is 0.601. The largest absolute Gasteiger partial charge is 0.458 e. The van der Waals surface area contributed by atoms with E-state index in [0.717, 1.165) is 12.8 Å². The number of aryl methyl sites for hydroxylation is 1. The molecule has 0 unspecified atom stereocenters. The Kier molecular flexibility index (Phi) is 5.68. The van der Waals surface area contributed by atoms with E-state index in [1.165, 1.54) is 12.3 Å². The summed E-state index contributed by atoms with van der Waals surface area (Å²) in [4.78, 5) is 14.5. The third kappa shape index (κ3) is 4.00. The highest BCUT2D eigenvalue weighted by molar-refractivity contribution is 7.89. The first kappa shape index (κ1) is 20.6. The maximum Gasteiger partial charge on any atom is 0.257 e. The Balaban J connectivity index is 1.59. The fraction of sp³-hybridized carbons (Fsp3) is 0.300. The van der Waals surface area contributed by atoms with Crippen molar-refractivity contribution in [1.82, 2.24) is 19.8 Å². The predicted octanol–water partition coefficient (Wildman–Crippen LogP) is 3.35. The van der Waals surface area contributed by atoms with Crippen LogP contribution in [0.25, 0.3) is 11.5 Å². The molecule has 0 bridgehead atoms. The van der Waals surface area contributed by atoms with Crippen LogP contribution in [0.5, 0.6) is 0 Å². The van der Waals surface area contributed by atoms with Crippen LogP contribution >= 0.6 is 11.6 Å². The lowest BCUT2D eigenvalue weighted by Crippen LogP contribution is -2.27. The molecule has 2 N–H and O–H groups in total. The number of carbonyl (C=O) groups excluding carboxylic acids is 1. The van der Waals surface area contributed by atoms with E-state index in [9.17, 15) is 13.2 Å². The second-order valence-electron chi connectivity index (χ2n) is 7.11. The Morgan fingerprint density at radius 1 is 1.30 bits per heavy atom. The van der Waals surface area contributed by atoms with Gasteiger partial charge in [-0.05, 0) is 31.4 Å². The van der Waals surface area contributed by atoms with Crippen LogP contribution in [0.2, 0.25) is 5.02 Å². The van der Waals surface area contributed by atoms with Crippen LogP contribution in [0.3, 0.4) is 0 Å². The third-order valence-corrected chi connectivity index (χ3v) is 6.96. The number of H-pyrrole nitrogens is 1. The molecule has 0 spiro atoms. The number of nitrogens with zero attached hydrogens (tertiary/aromatic N) is 2. The van der Waals surface area contributed by atoms with Gasteiger partial charge in [-0.2, -0.15) is 5.10 Å². The summed E-state index contributed by atoms with van der Waals surface area (Å²) in [5, 5.41) is 7.20. The minimum Gasteiger partial charge on any atom is -0.458 e. The summed E-state index contributed by atoms with van der Waals surface area (Å²) >= 11 is 6.10. The number of hydrogen-bond acceptors (Lipinski definition) is 5. The van der Waals surface area contributed by atoms with E-state index >= 15 is 0 Å². The van der Waals surface area contributed by atoms with E-state index in [-0.39, 0.29) is 28.9 Å². The van der Waals surface area contributed by atoms with Gasteiger partial charge in [-0.15, -0.1) is 0 Å². The highest BCUT2D eigenvalue weighted by Gasteiger charge is 2.28. The molecule has 0 aliphatic carbocycles. The molecule has 0 atom stereocenters. The first-order chi connectivity index (χ1) is 14.4. The van der Waals surface area contributed by atoms with E-state index in [4.69, 9.17) is 16.0 Å². The molecule has 2 aromatic heterocycles. The Morgan fingerprint density at radius 3 is 2.77 bits per heavy atom. The zero-order valence-corrected chi connectivity index (χ0v) is 17.9. The van der Waals surface area contributed by atoms with Gasteiger partial charge >= 0.3 is 0 Å². The van der Waals surface area contributed by atoms with E-state index in [2.05, 4.69) is 14.9 Å². The molecule has 1 aliphatic rings. The number of sulfonamides is 1. The van der Waals surface area contributed by atoms with E-state index in [1.54, 1.807) is 36.1 Å². The summed E-state index contributed by atoms with van der Waals surface area (Å²) in [6, 6.07) is 8.41. The molecule has 158 valence electrons. The zero-order valence-electron chi connectivity index (χ0n) is 16.3. The zero-order chi connectivity index (χ0) is 21.3. The van der Waals surface area contributed by atoms with Crippen molar-refractivity contribution in [3.8, 4) is 11.5 Å². The lowest BCUT2D eigenvalue weighted by Gasteiger charge is -2.14. The summed E-state index contributed by atoms with van der Waals surface area (Å²) in [6.07, 6.45) is 3.38. The molecule has 1 fully saturated rings. The molecule has 1 aliphatic heterocycles. The van der Waals surface area contributed by atoms with Crippen molar-refractivity contribution in [2.45, 2.75) is 31.2 Å². The smallest absolute Gasteiger partial charge is 0.257 e. The molecule has 1 amide bonds. The van der Waals surface area contributed by atoms with Gasteiger partial charge in [0.05, 0.1) is 11.8 Å². The maximum absolute atomic E-state index is 12.8. The number of amides is 1.